The maximum Gasteiger partial charge on any atom is 0.270 e. The van der Waals surface area contributed by atoms with E-state index in [4.69, 9.17) is 5.73 Å². The number of hydrogen-bond donors (Lipinski definition) is 4. The third-order valence-electron chi connectivity index (χ3n) is 1.32. The van der Waals surface area contributed by atoms with Crippen molar-refractivity contribution < 1.29 is 5.11 Å². The molecular formula is C5H8BrN3O2. The summed E-state index contributed by atoms with van der Waals surface area (Å²) in [5.74, 6) is 0. The molecule has 5 N–H and O–H groups in total. The molecule has 11 heavy (non-hydrogen) atoms. The van der Waals surface area contributed by atoms with E-state index in [2.05, 4.69) is 26.1 Å². The first-order chi connectivity index (χ1) is 5.16. The van der Waals surface area contributed by atoms with E-state index in [0.717, 1.165) is 0 Å². The topological polar surface area (TPSA) is 94.9 Å². The molecule has 0 aliphatic carbocycles. The fourth-order valence-electron chi connectivity index (χ4n) is 0.761. The predicted molar refractivity (Wildman–Crippen MR) is 43.1 cm³/mol. The summed E-state index contributed by atoms with van der Waals surface area (Å²) in [7, 11) is 0. The molecule has 1 aromatic rings. The van der Waals surface area contributed by atoms with Crippen LogP contribution in [0.1, 0.15) is 11.7 Å². The average Bonchev–Trinajstić information content (AvgIpc) is 2.30. The number of hydrogen-bond acceptors (Lipinski definition) is 3. The molecule has 0 aliphatic rings. The molecule has 6 heteroatoms. The number of H-pyrrole nitrogens is 2. The minimum Gasteiger partial charge on any atom is -0.387 e. The number of aliphatic hydroxyl groups excluding tert-OH is 1. The summed E-state index contributed by atoms with van der Waals surface area (Å²) in [6, 6.07) is 0. The fourth-order valence-corrected chi connectivity index (χ4v) is 1.30. The lowest BCUT2D eigenvalue weighted by Crippen LogP contribution is -2.18. The van der Waals surface area contributed by atoms with Crippen LogP contribution >= 0.6 is 15.9 Å². The lowest BCUT2D eigenvalue weighted by molar-refractivity contribution is 0.185. The predicted octanol–water partition coefficient (Wildman–Crippen LogP) is -0.542. The van der Waals surface area contributed by atoms with Gasteiger partial charge in [-0.3, -0.25) is 15.0 Å². The first-order valence-corrected chi connectivity index (χ1v) is 3.80. The molecule has 0 saturated carbocycles. The fraction of sp³-hybridized carbons (Fsp3) is 0.400. The summed E-state index contributed by atoms with van der Waals surface area (Å²) in [6.07, 6.45) is -0.917. The van der Waals surface area contributed by atoms with Crippen LogP contribution in [0.2, 0.25) is 0 Å². The quantitative estimate of drug-likeness (QED) is 0.541. The zero-order valence-electron chi connectivity index (χ0n) is 5.60. The molecule has 5 nitrogen and oxygen atoms in total. The van der Waals surface area contributed by atoms with Crippen LogP contribution in [0.5, 0.6) is 0 Å². The number of rotatable bonds is 2. The Labute approximate surface area is 70.7 Å². The first-order valence-electron chi connectivity index (χ1n) is 3.01. The highest BCUT2D eigenvalue weighted by molar-refractivity contribution is 9.10. The van der Waals surface area contributed by atoms with Crippen LogP contribution in [0.25, 0.3) is 0 Å². The molecule has 1 heterocycles. The second-order valence-corrected chi connectivity index (χ2v) is 2.85. The van der Waals surface area contributed by atoms with Gasteiger partial charge in [0.2, 0.25) is 0 Å². The van der Waals surface area contributed by atoms with Crippen LogP contribution in [-0.4, -0.2) is 21.8 Å². The van der Waals surface area contributed by atoms with E-state index in [1.165, 1.54) is 0 Å². The van der Waals surface area contributed by atoms with Crippen molar-refractivity contribution in [1.82, 2.24) is 10.2 Å². The third-order valence-corrected chi connectivity index (χ3v) is 1.95. The standard InChI is InChI=1S/C5H8BrN3O2/c6-4-3(2(10)1-7)5(11)9-8-4/h2,10H,1,7H2,(H2,8,9,11). The molecular weight excluding hydrogens is 214 g/mol. The maximum atomic E-state index is 10.9. The van der Waals surface area contributed by atoms with Gasteiger partial charge in [-0.25, -0.2) is 0 Å². The smallest absolute Gasteiger partial charge is 0.270 e. The Balaban J connectivity index is 3.10. The number of nitrogens with two attached hydrogens (primary N) is 1. The van der Waals surface area contributed by atoms with E-state index in [9.17, 15) is 9.90 Å². The zero-order valence-corrected chi connectivity index (χ0v) is 7.18. The molecule has 0 saturated heterocycles. The highest BCUT2D eigenvalue weighted by Crippen LogP contribution is 2.15. The lowest BCUT2D eigenvalue weighted by atomic mass is 10.2. The Morgan fingerprint density at radius 1 is 1.64 bits per heavy atom. The molecule has 0 radical (unpaired) electrons. The monoisotopic (exact) mass is 221 g/mol. The van der Waals surface area contributed by atoms with Gasteiger partial charge < -0.3 is 10.8 Å². The Kier molecular flexibility index (Phi) is 2.48. The van der Waals surface area contributed by atoms with Crippen LogP contribution in [0, 0.1) is 0 Å². The SMILES string of the molecule is NCC(O)c1c(Br)[nH][nH]c1=O. The Morgan fingerprint density at radius 3 is 2.64 bits per heavy atom. The second kappa shape index (κ2) is 3.21. The van der Waals surface area contributed by atoms with Gasteiger partial charge in [-0.05, 0) is 15.9 Å². The third kappa shape index (κ3) is 1.52. The molecule has 1 unspecified atom stereocenters. The largest absolute Gasteiger partial charge is 0.387 e. The molecule has 1 aromatic heterocycles. The van der Waals surface area contributed by atoms with Crippen LogP contribution in [0.15, 0.2) is 9.40 Å². The number of nitrogens with one attached hydrogen (secondary N) is 2. The van der Waals surface area contributed by atoms with Crippen molar-refractivity contribution in [2.24, 2.45) is 5.73 Å². The highest BCUT2D eigenvalue weighted by Gasteiger charge is 2.14. The Morgan fingerprint density at radius 2 is 2.27 bits per heavy atom. The van der Waals surface area contributed by atoms with Gasteiger partial charge in [0.05, 0.1) is 11.7 Å². The summed E-state index contributed by atoms with van der Waals surface area (Å²) in [4.78, 5) is 10.9. The van der Waals surface area contributed by atoms with Gasteiger partial charge >= 0.3 is 0 Å². The highest BCUT2D eigenvalue weighted by atomic mass is 79.9. The van der Waals surface area contributed by atoms with E-state index in [1.807, 2.05) is 0 Å². The van der Waals surface area contributed by atoms with Gasteiger partial charge in [0.25, 0.3) is 5.56 Å². The molecule has 0 bridgehead atoms. The van der Waals surface area contributed by atoms with Crippen LogP contribution < -0.4 is 11.3 Å². The molecule has 0 spiro atoms. The average molecular weight is 222 g/mol. The van der Waals surface area contributed by atoms with Gasteiger partial charge in [-0.2, -0.15) is 0 Å². The van der Waals surface area contributed by atoms with E-state index >= 15 is 0 Å². The summed E-state index contributed by atoms with van der Waals surface area (Å²) >= 11 is 3.06. The summed E-state index contributed by atoms with van der Waals surface area (Å²) in [5, 5.41) is 14.0. The lowest BCUT2D eigenvalue weighted by Gasteiger charge is -2.02. The van der Waals surface area contributed by atoms with E-state index in [1.54, 1.807) is 0 Å². The van der Waals surface area contributed by atoms with E-state index in [-0.39, 0.29) is 17.7 Å². The number of halogens is 1. The molecule has 0 amide bonds. The normalized spacial score (nSPS) is 13.4. The maximum absolute atomic E-state index is 10.9. The van der Waals surface area contributed by atoms with Crippen LogP contribution in [0.3, 0.4) is 0 Å². The Bertz CT molecular complexity index is 292. The van der Waals surface area contributed by atoms with Crippen molar-refractivity contribution in [3.8, 4) is 0 Å². The molecule has 0 fully saturated rings. The van der Waals surface area contributed by atoms with Crippen molar-refractivity contribution >= 4 is 15.9 Å². The van der Waals surface area contributed by atoms with Crippen molar-refractivity contribution in [1.29, 1.82) is 0 Å². The van der Waals surface area contributed by atoms with Crippen LogP contribution in [-0.2, 0) is 0 Å². The molecule has 0 aromatic carbocycles. The number of aromatic nitrogens is 2. The van der Waals surface area contributed by atoms with Gasteiger partial charge in [-0.1, -0.05) is 0 Å². The molecule has 0 aliphatic heterocycles. The zero-order chi connectivity index (χ0) is 8.43. The minimum atomic E-state index is -0.917. The van der Waals surface area contributed by atoms with Gasteiger partial charge in [-0.15, -0.1) is 0 Å². The molecule has 1 atom stereocenters. The van der Waals surface area contributed by atoms with E-state index < -0.39 is 6.10 Å². The van der Waals surface area contributed by atoms with Crippen molar-refractivity contribution in [3.63, 3.8) is 0 Å². The Hall–Kier alpha value is -0.590. The molecule has 1 rings (SSSR count). The summed E-state index contributed by atoms with van der Waals surface area (Å²) in [5.41, 5.74) is 5.05. The van der Waals surface area contributed by atoms with Crippen molar-refractivity contribution in [2.75, 3.05) is 6.54 Å². The van der Waals surface area contributed by atoms with E-state index in [0.29, 0.717) is 4.60 Å². The van der Waals surface area contributed by atoms with Crippen molar-refractivity contribution in [2.45, 2.75) is 6.10 Å². The molecule has 62 valence electrons. The van der Waals surface area contributed by atoms with Crippen LogP contribution in [0.4, 0.5) is 0 Å². The van der Waals surface area contributed by atoms with Gasteiger partial charge in [0, 0.05) is 6.54 Å². The number of aromatic amines is 2. The summed E-state index contributed by atoms with van der Waals surface area (Å²) in [6.45, 7) is 0.0273. The number of aliphatic hydroxyl groups is 1. The minimum absolute atomic E-state index is 0.0273. The van der Waals surface area contributed by atoms with Gasteiger partial charge in [0.1, 0.15) is 4.60 Å². The first kappa shape index (κ1) is 8.51. The van der Waals surface area contributed by atoms with Crippen molar-refractivity contribution in [3.05, 3.63) is 20.5 Å². The summed E-state index contributed by atoms with van der Waals surface area (Å²) < 4.78 is 0.445. The van der Waals surface area contributed by atoms with Gasteiger partial charge in [0.15, 0.2) is 0 Å². The second-order valence-electron chi connectivity index (χ2n) is 2.06.